The highest BCUT2D eigenvalue weighted by molar-refractivity contribution is 6.18. The molecule has 8 heteroatoms. The van der Waals surface area contributed by atoms with E-state index in [2.05, 4.69) is 5.32 Å². The number of amides is 1. The molecule has 7 nitrogen and oxygen atoms in total. The van der Waals surface area contributed by atoms with Crippen LogP contribution in [0.25, 0.3) is 0 Å². The zero-order chi connectivity index (χ0) is 18.5. The molecule has 1 rings (SSSR count). The molecular weight excluding hydrogens is 336 g/mol. The smallest absolute Gasteiger partial charge is 0.408 e. The molecule has 0 heterocycles. The summed E-state index contributed by atoms with van der Waals surface area (Å²) in [7, 11) is 0. The predicted molar refractivity (Wildman–Crippen MR) is 89.1 cm³/mol. The maximum Gasteiger partial charge on any atom is 0.408 e. The molecule has 0 saturated heterocycles. The van der Waals surface area contributed by atoms with Gasteiger partial charge in [0.25, 0.3) is 0 Å². The number of hydrogen-bond donors (Lipinski definition) is 3. The number of benzene rings is 1. The average Bonchev–Trinajstić information content (AvgIpc) is 2.50. The van der Waals surface area contributed by atoms with Crippen LogP contribution in [0.3, 0.4) is 0 Å². The second-order valence-corrected chi connectivity index (χ2v) is 6.47. The van der Waals surface area contributed by atoms with Crippen molar-refractivity contribution in [1.82, 2.24) is 5.32 Å². The quantitative estimate of drug-likeness (QED) is 0.407. The Morgan fingerprint density at radius 1 is 1.21 bits per heavy atom. The molecule has 0 aliphatic heterocycles. The number of carboxylic acid groups (broad SMARTS) is 1. The summed E-state index contributed by atoms with van der Waals surface area (Å²) in [5.41, 5.74) is 3.21. The van der Waals surface area contributed by atoms with Gasteiger partial charge >= 0.3 is 12.1 Å². The van der Waals surface area contributed by atoms with Gasteiger partial charge < -0.3 is 15.6 Å². The molecule has 0 spiro atoms. The van der Waals surface area contributed by atoms with E-state index < -0.39 is 35.5 Å². The van der Waals surface area contributed by atoms with Gasteiger partial charge in [-0.15, -0.1) is 11.6 Å². The maximum atomic E-state index is 12.7. The molecule has 0 bridgehead atoms. The van der Waals surface area contributed by atoms with Crippen LogP contribution in [-0.4, -0.2) is 40.6 Å². The number of Topliss-reactive ketones (excluding diaryl/α,β-unsaturated/α-hetero) is 1. The number of carbonyl (C=O) groups is 3. The van der Waals surface area contributed by atoms with Crippen molar-refractivity contribution in [2.45, 2.75) is 37.8 Å². The molecule has 0 aromatic heterocycles. The fraction of sp³-hybridized carbons (Fsp3) is 0.438. The van der Waals surface area contributed by atoms with Gasteiger partial charge in [0.2, 0.25) is 11.3 Å². The molecule has 4 N–H and O–H groups in total. The maximum absolute atomic E-state index is 12.7. The van der Waals surface area contributed by atoms with Crippen molar-refractivity contribution in [3.8, 4) is 0 Å². The molecular formula is C16H21ClN2O5. The number of rotatable bonds is 6. The van der Waals surface area contributed by atoms with Crippen LogP contribution in [0, 0.1) is 0 Å². The van der Waals surface area contributed by atoms with Gasteiger partial charge in [0.15, 0.2) is 0 Å². The monoisotopic (exact) mass is 356 g/mol. The summed E-state index contributed by atoms with van der Waals surface area (Å²) in [5, 5.41) is 11.6. The molecule has 1 unspecified atom stereocenters. The highest BCUT2D eigenvalue weighted by atomic mass is 35.5. The van der Waals surface area contributed by atoms with E-state index in [9.17, 15) is 19.5 Å². The molecule has 1 aromatic carbocycles. The molecule has 0 fully saturated rings. The summed E-state index contributed by atoms with van der Waals surface area (Å²) in [5.74, 6) is -2.15. The van der Waals surface area contributed by atoms with E-state index in [0.29, 0.717) is 0 Å². The standard InChI is InChI=1S/C16H21ClN2O5/c1-15(2,3)24-14(23)19-16(9-18,13(21)22)12(20)11-6-4-10(8-17)5-7-11/h4-7H,8-9,18H2,1-3H3,(H,19,23)(H,21,22). The predicted octanol–water partition coefficient (Wildman–Crippen LogP) is 1.91. The van der Waals surface area contributed by atoms with Crippen LogP contribution < -0.4 is 11.1 Å². The molecule has 1 atom stereocenters. The van der Waals surface area contributed by atoms with Crippen molar-refractivity contribution in [1.29, 1.82) is 0 Å². The lowest BCUT2D eigenvalue weighted by Crippen LogP contribution is -2.65. The van der Waals surface area contributed by atoms with E-state index in [1.807, 2.05) is 0 Å². The summed E-state index contributed by atoms with van der Waals surface area (Å²) >= 11 is 5.68. The fourth-order valence-corrected chi connectivity index (χ4v) is 2.09. The van der Waals surface area contributed by atoms with Crippen LogP contribution >= 0.6 is 11.6 Å². The number of carboxylic acids is 1. The number of halogens is 1. The van der Waals surface area contributed by atoms with Crippen LogP contribution in [0.1, 0.15) is 36.7 Å². The Balaban J connectivity index is 3.16. The molecule has 1 amide bonds. The third-order valence-electron chi connectivity index (χ3n) is 3.14. The Kier molecular flexibility index (Phi) is 6.34. The van der Waals surface area contributed by atoms with Gasteiger partial charge in [0.05, 0.1) is 0 Å². The van der Waals surface area contributed by atoms with Crippen molar-refractivity contribution in [2.24, 2.45) is 5.73 Å². The Morgan fingerprint density at radius 2 is 1.75 bits per heavy atom. The van der Waals surface area contributed by atoms with Crippen molar-refractivity contribution >= 4 is 29.4 Å². The van der Waals surface area contributed by atoms with E-state index in [0.717, 1.165) is 5.56 Å². The molecule has 132 valence electrons. The van der Waals surface area contributed by atoms with E-state index in [1.54, 1.807) is 32.9 Å². The second-order valence-electron chi connectivity index (χ2n) is 6.20. The number of nitrogens with one attached hydrogen (secondary N) is 1. The largest absolute Gasteiger partial charge is 0.479 e. The first-order valence-corrected chi connectivity index (χ1v) is 7.73. The molecule has 0 aliphatic carbocycles. The average molecular weight is 357 g/mol. The first-order valence-electron chi connectivity index (χ1n) is 7.20. The number of hydrogen-bond acceptors (Lipinski definition) is 5. The third-order valence-corrected chi connectivity index (χ3v) is 3.45. The topological polar surface area (TPSA) is 119 Å². The lowest BCUT2D eigenvalue weighted by atomic mass is 9.89. The molecule has 0 radical (unpaired) electrons. The highest BCUT2D eigenvalue weighted by Gasteiger charge is 2.47. The number of nitrogens with two attached hydrogens (primary N) is 1. The summed E-state index contributed by atoms with van der Waals surface area (Å²) < 4.78 is 5.03. The fourth-order valence-electron chi connectivity index (χ4n) is 1.91. The highest BCUT2D eigenvalue weighted by Crippen LogP contribution is 2.17. The number of alkyl halides is 1. The first-order chi connectivity index (χ1) is 11.1. The number of alkyl carbamates (subject to hydrolysis) is 1. The Labute approximate surface area is 145 Å². The lowest BCUT2D eigenvalue weighted by Gasteiger charge is -2.29. The van der Waals surface area contributed by atoms with Gasteiger partial charge in [-0.3, -0.25) is 10.1 Å². The van der Waals surface area contributed by atoms with Crippen LogP contribution in [0.5, 0.6) is 0 Å². The van der Waals surface area contributed by atoms with Gasteiger partial charge in [-0.2, -0.15) is 0 Å². The molecule has 0 saturated carbocycles. The van der Waals surface area contributed by atoms with Crippen molar-refractivity contribution in [2.75, 3.05) is 6.54 Å². The van der Waals surface area contributed by atoms with Gasteiger partial charge in [0, 0.05) is 18.0 Å². The van der Waals surface area contributed by atoms with Crippen molar-refractivity contribution in [3.63, 3.8) is 0 Å². The number of carbonyl (C=O) groups excluding carboxylic acids is 2. The van der Waals surface area contributed by atoms with Gasteiger partial charge in [-0.25, -0.2) is 9.59 Å². The van der Waals surface area contributed by atoms with Crippen LogP contribution in [0.15, 0.2) is 24.3 Å². The minimum atomic E-state index is -2.31. The Bertz CT molecular complexity index is 624. The van der Waals surface area contributed by atoms with Crippen LogP contribution in [0.4, 0.5) is 4.79 Å². The van der Waals surface area contributed by atoms with E-state index in [1.165, 1.54) is 12.1 Å². The van der Waals surface area contributed by atoms with E-state index >= 15 is 0 Å². The third kappa shape index (κ3) is 4.69. The normalized spacial score (nSPS) is 13.7. The first kappa shape index (κ1) is 19.9. The minimum Gasteiger partial charge on any atom is -0.479 e. The number of ether oxygens (including phenoxy) is 1. The molecule has 1 aromatic rings. The Morgan fingerprint density at radius 3 is 2.12 bits per heavy atom. The SMILES string of the molecule is CC(C)(C)OC(=O)NC(CN)(C(=O)O)C(=O)c1ccc(CCl)cc1. The second kappa shape index (κ2) is 7.63. The molecule has 24 heavy (non-hydrogen) atoms. The zero-order valence-corrected chi connectivity index (χ0v) is 14.5. The van der Waals surface area contributed by atoms with Crippen LogP contribution in [-0.2, 0) is 15.4 Å². The van der Waals surface area contributed by atoms with Gasteiger partial charge in [-0.05, 0) is 26.3 Å². The van der Waals surface area contributed by atoms with Crippen LogP contribution in [0.2, 0.25) is 0 Å². The number of aliphatic carboxylic acids is 1. The number of ketones is 1. The lowest BCUT2D eigenvalue weighted by molar-refractivity contribution is -0.142. The van der Waals surface area contributed by atoms with Crippen molar-refractivity contribution < 1.29 is 24.2 Å². The summed E-state index contributed by atoms with van der Waals surface area (Å²) in [6, 6.07) is 6.06. The minimum absolute atomic E-state index is 0.0905. The Hall–Kier alpha value is -2.12. The van der Waals surface area contributed by atoms with E-state index in [4.69, 9.17) is 22.1 Å². The van der Waals surface area contributed by atoms with Gasteiger partial charge in [0.1, 0.15) is 5.60 Å². The summed E-state index contributed by atoms with van der Waals surface area (Å²) in [4.78, 5) is 36.3. The van der Waals surface area contributed by atoms with Gasteiger partial charge in [-0.1, -0.05) is 24.3 Å². The zero-order valence-electron chi connectivity index (χ0n) is 13.8. The van der Waals surface area contributed by atoms with E-state index in [-0.39, 0.29) is 11.4 Å². The summed E-state index contributed by atoms with van der Waals surface area (Å²) in [6.07, 6.45) is -1.04. The summed E-state index contributed by atoms with van der Waals surface area (Å²) in [6.45, 7) is 4.22. The molecule has 0 aliphatic rings. The van der Waals surface area contributed by atoms with Crippen molar-refractivity contribution in [3.05, 3.63) is 35.4 Å².